The van der Waals surface area contributed by atoms with Crippen molar-refractivity contribution in [2.75, 3.05) is 6.54 Å². The van der Waals surface area contributed by atoms with Crippen molar-refractivity contribution >= 4 is 5.91 Å². The van der Waals surface area contributed by atoms with Crippen LogP contribution in [0.15, 0.2) is 16.5 Å². The van der Waals surface area contributed by atoms with Crippen molar-refractivity contribution < 1.29 is 14.3 Å². The molecule has 4 nitrogen and oxygen atoms in total. The second-order valence-electron chi connectivity index (χ2n) is 4.92. The van der Waals surface area contributed by atoms with Crippen molar-refractivity contribution in [3.05, 3.63) is 23.7 Å². The summed E-state index contributed by atoms with van der Waals surface area (Å²) in [7, 11) is 0. The van der Waals surface area contributed by atoms with Gasteiger partial charge in [0.1, 0.15) is 17.1 Å². The summed E-state index contributed by atoms with van der Waals surface area (Å²) in [5.74, 6) is 1.23. The van der Waals surface area contributed by atoms with Crippen LogP contribution in [0.1, 0.15) is 45.1 Å². The molecular weight excluding hydrogens is 230 g/mol. The summed E-state index contributed by atoms with van der Waals surface area (Å²) in [6, 6.07) is 3.53. The van der Waals surface area contributed by atoms with Crippen LogP contribution in [0.25, 0.3) is 0 Å². The van der Waals surface area contributed by atoms with Crippen LogP contribution in [0.3, 0.4) is 0 Å². The van der Waals surface area contributed by atoms with Gasteiger partial charge < -0.3 is 14.8 Å². The van der Waals surface area contributed by atoms with Crippen LogP contribution < -0.4 is 5.32 Å². The Kier molecular flexibility index (Phi) is 4.96. The molecule has 0 aromatic carbocycles. The standard InChI is InChI=1S/C14H23NO3/c1-5-11(6-2)13(16)15-9-14(4,17)12-8-7-10(3)18-12/h7-8,11,17H,5-6,9H2,1-4H3,(H,15,16)/t14-/m0/s1. The van der Waals surface area contributed by atoms with E-state index in [4.69, 9.17) is 4.42 Å². The van der Waals surface area contributed by atoms with Crippen molar-refractivity contribution in [2.24, 2.45) is 5.92 Å². The zero-order valence-corrected chi connectivity index (χ0v) is 11.6. The van der Waals surface area contributed by atoms with Gasteiger partial charge in [0, 0.05) is 5.92 Å². The predicted octanol–water partition coefficient (Wildman–Crippen LogP) is 2.35. The zero-order chi connectivity index (χ0) is 13.8. The first-order chi connectivity index (χ1) is 8.40. The molecule has 1 heterocycles. The highest BCUT2D eigenvalue weighted by molar-refractivity contribution is 5.78. The van der Waals surface area contributed by atoms with Crippen LogP contribution >= 0.6 is 0 Å². The van der Waals surface area contributed by atoms with Crippen molar-refractivity contribution in [1.82, 2.24) is 5.32 Å². The minimum atomic E-state index is -1.17. The van der Waals surface area contributed by atoms with Crippen molar-refractivity contribution in [3.63, 3.8) is 0 Å². The van der Waals surface area contributed by atoms with E-state index in [0.29, 0.717) is 5.76 Å². The number of furan rings is 1. The molecule has 0 radical (unpaired) electrons. The second kappa shape index (κ2) is 6.05. The number of nitrogens with one attached hydrogen (secondary N) is 1. The third-order valence-corrected chi connectivity index (χ3v) is 3.23. The van der Waals surface area contributed by atoms with E-state index in [1.54, 1.807) is 19.1 Å². The Balaban J connectivity index is 2.59. The lowest BCUT2D eigenvalue weighted by molar-refractivity contribution is -0.126. The maximum Gasteiger partial charge on any atom is 0.223 e. The molecule has 0 unspecified atom stereocenters. The summed E-state index contributed by atoms with van der Waals surface area (Å²) in [5, 5.41) is 13.1. The molecular formula is C14H23NO3. The summed E-state index contributed by atoms with van der Waals surface area (Å²) in [4.78, 5) is 11.8. The average Bonchev–Trinajstić information content (AvgIpc) is 2.76. The van der Waals surface area contributed by atoms with Gasteiger partial charge in [-0.3, -0.25) is 4.79 Å². The summed E-state index contributed by atoms with van der Waals surface area (Å²) < 4.78 is 5.39. The largest absolute Gasteiger partial charge is 0.463 e. The lowest BCUT2D eigenvalue weighted by atomic mass is 10.0. The molecule has 1 rings (SSSR count). The topological polar surface area (TPSA) is 62.5 Å². The third kappa shape index (κ3) is 3.60. The SMILES string of the molecule is CCC(CC)C(=O)NC[C@](C)(O)c1ccc(C)o1. The number of rotatable bonds is 6. The van der Waals surface area contributed by atoms with E-state index in [0.717, 1.165) is 18.6 Å². The van der Waals surface area contributed by atoms with Gasteiger partial charge in [-0.15, -0.1) is 0 Å². The monoisotopic (exact) mass is 253 g/mol. The molecule has 0 aliphatic heterocycles. The molecule has 18 heavy (non-hydrogen) atoms. The van der Waals surface area contributed by atoms with E-state index in [2.05, 4.69) is 5.32 Å². The molecule has 102 valence electrons. The molecule has 1 amide bonds. The fourth-order valence-electron chi connectivity index (χ4n) is 1.87. The van der Waals surface area contributed by atoms with Gasteiger partial charge in [-0.2, -0.15) is 0 Å². The molecule has 0 fully saturated rings. The Labute approximate surface area is 108 Å². The number of carbonyl (C=O) groups excluding carboxylic acids is 1. The Morgan fingerprint density at radius 3 is 2.50 bits per heavy atom. The number of aliphatic hydroxyl groups is 1. The average molecular weight is 253 g/mol. The molecule has 4 heteroatoms. The molecule has 1 atom stereocenters. The Hall–Kier alpha value is -1.29. The lowest BCUT2D eigenvalue weighted by Gasteiger charge is -2.22. The molecule has 0 saturated heterocycles. The van der Waals surface area contributed by atoms with Crippen LogP contribution in [0.4, 0.5) is 0 Å². The predicted molar refractivity (Wildman–Crippen MR) is 70.1 cm³/mol. The molecule has 0 aliphatic carbocycles. The highest BCUT2D eigenvalue weighted by Gasteiger charge is 2.28. The van der Waals surface area contributed by atoms with Crippen LogP contribution in [0, 0.1) is 12.8 Å². The van der Waals surface area contributed by atoms with Gasteiger partial charge in [0.15, 0.2) is 0 Å². The van der Waals surface area contributed by atoms with Crippen LogP contribution in [-0.2, 0) is 10.4 Å². The van der Waals surface area contributed by atoms with Crippen LogP contribution in [0.5, 0.6) is 0 Å². The van der Waals surface area contributed by atoms with Crippen molar-refractivity contribution in [2.45, 2.75) is 46.1 Å². The molecule has 0 spiro atoms. The minimum absolute atomic E-state index is 0.0106. The number of hydrogen-bond acceptors (Lipinski definition) is 3. The number of amides is 1. The van der Waals surface area contributed by atoms with Crippen LogP contribution in [0.2, 0.25) is 0 Å². The molecule has 0 saturated carbocycles. The fraction of sp³-hybridized carbons (Fsp3) is 0.643. The Bertz CT molecular complexity index is 391. The van der Waals surface area contributed by atoms with E-state index in [1.807, 2.05) is 20.8 Å². The lowest BCUT2D eigenvalue weighted by Crippen LogP contribution is -2.40. The zero-order valence-electron chi connectivity index (χ0n) is 11.6. The normalized spacial score (nSPS) is 14.6. The summed E-state index contributed by atoms with van der Waals surface area (Å²) in [6.45, 7) is 7.60. The van der Waals surface area contributed by atoms with Gasteiger partial charge in [-0.05, 0) is 38.8 Å². The molecule has 1 aromatic heterocycles. The van der Waals surface area contributed by atoms with E-state index in [9.17, 15) is 9.90 Å². The first kappa shape index (κ1) is 14.8. The van der Waals surface area contributed by atoms with Gasteiger partial charge in [0.2, 0.25) is 5.91 Å². The van der Waals surface area contributed by atoms with Crippen molar-refractivity contribution in [1.29, 1.82) is 0 Å². The maximum atomic E-state index is 11.8. The van der Waals surface area contributed by atoms with E-state index in [-0.39, 0.29) is 18.4 Å². The van der Waals surface area contributed by atoms with E-state index < -0.39 is 5.60 Å². The molecule has 0 aliphatic rings. The summed E-state index contributed by atoms with van der Waals surface area (Å²) in [5.41, 5.74) is -1.17. The third-order valence-electron chi connectivity index (χ3n) is 3.23. The Morgan fingerprint density at radius 2 is 2.06 bits per heavy atom. The first-order valence-corrected chi connectivity index (χ1v) is 6.47. The fourth-order valence-corrected chi connectivity index (χ4v) is 1.87. The minimum Gasteiger partial charge on any atom is -0.463 e. The summed E-state index contributed by atoms with van der Waals surface area (Å²) in [6.07, 6.45) is 1.62. The molecule has 0 bridgehead atoms. The molecule has 1 aromatic rings. The van der Waals surface area contributed by atoms with Gasteiger partial charge in [0.25, 0.3) is 0 Å². The quantitative estimate of drug-likeness (QED) is 0.818. The van der Waals surface area contributed by atoms with Gasteiger partial charge in [-0.1, -0.05) is 13.8 Å². The van der Waals surface area contributed by atoms with Crippen LogP contribution in [-0.4, -0.2) is 17.6 Å². The second-order valence-corrected chi connectivity index (χ2v) is 4.92. The molecule has 2 N–H and O–H groups in total. The first-order valence-electron chi connectivity index (χ1n) is 6.47. The van der Waals surface area contributed by atoms with Gasteiger partial charge >= 0.3 is 0 Å². The van der Waals surface area contributed by atoms with E-state index in [1.165, 1.54) is 0 Å². The van der Waals surface area contributed by atoms with Crippen molar-refractivity contribution in [3.8, 4) is 0 Å². The number of aryl methyl sites for hydroxylation is 1. The smallest absolute Gasteiger partial charge is 0.223 e. The van der Waals surface area contributed by atoms with E-state index >= 15 is 0 Å². The Morgan fingerprint density at radius 1 is 1.44 bits per heavy atom. The highest BCUT2D eigenvalue weighted by Crippen LogP contribution is 2.22. The van der Waals surface area contributed by atoms with Gasteiger partial charge in [0.05, 0.1) is 6.54 Å². The maximum absolute atomic E-state index is 11.8. The number of hydrogen-bond donors (Lipinski definition) is 2. The highest BCUT2D eigenvalue weighted by atomic mass is 16.4. The van der Waals surface area contributed by atoms with Gasteiger partial charge in [-0.25, -0.2) is 0 Å². The summed E-state index contributed by atoms with van der Waals surface area (Å²) >= 11 is 0. The number of carbonyl (C=O) groups is 1.